The van der Waals surface area contributed by atoms with E-state index in [4.69, 9.17) is 4.74 Å². The van der Waals surface area contributed by atoms with Crippen LogP contribution in [-0.4, -0.2) is 91.0 Å². The number of likely N-dealkylation sites (tertiary alicyclic amines) is 1. The largest absolute Gasteiger partial charge is 0.477 e. The van der Waals surface area contributed by atoms with Gasteiger partial charge in [-0.1, -0.05) is 12.8 Å². The molecule has 0 unspecified atom stereocenters. The van der Waals surface area contributed by atoms with Crippen molar-refractivity contribution in [2.24, 2.45) is 10.9 Å². The molecule has 0 spiro atoms. The van der Waals surface area contributed by atoms with Crippen LogP contribution in [-0.2, 0) is 11.3 Å². The van der Waals surface area contributed by atoms with Crippen molar-refractivity contribution in [3.05, 3.63) is 23.9 Å². The minimum atomic E-state index is 0.292. The zero-order valence-electron chi connectivity index (χ0n) is 19.5. The predicted octanol–water partition coefficient (Wildman–Crippen LogP) is 1.97. The van der Waals surface area contributed by atoms with Gasteiger partial charge in [0.25, 0.3) is 0 Å². The Morgan fingerprint density at radius 3 is 2.53 bits per heavy atom. The fourth-order valence-corrected chi connectivity index (χ4v) is 4.37. The maximum atomic E-state index is 12.7. The van der Waals surface area contributed by atoms with Crippen molar-refractivity contribution in [3.63, 3.8) is 0 Å². The molecule has 1 aliphatic carbocycles. The number of pyridine rings is 1. The number of ether oxygens (including phenoxy) is 1. The maximum absolute atomic E-state index is 12.7. The Bertz CT molecular complexity index is 766. The van der Waals surface area contributed by atoms with Gasteiger partial charge in [-0.25, -0.2) is 4.98 Å². The van der Waals surface area contributed by atoms with Crippen molar-refractivity contribution < 1.29 is 9.53 Å². The van der Waals surface area contributed by atoms with Gasteiger partial charge in [-0.05, 0) is 43.2 Å². The van der Waals surface area contributed by atoms with E-state index in [2.05, 4.69) is 30.0 Å². The van der Waals surface area contributed by atoms with Gasteiger partial charge in [-0.2, -0.15) is 0 Å². The first-order chi connectivity index (χ1) is 15.7. The highest BCUT2D eigenvalue weighted by atomic mass is 16.5. The van der Waals surface area contributed by atoms with E-state index in [1.165, 1.54) is 25.7 Å². The van der Waals surface area contributed by atoms with E-state index in [0.717, 1.165) is 76.2 Å². The molecule has 8 nitrogen and oxygen atoms in total. The molecular formula is C24H38N6O2. The van der Waals surface area contributed by atoms with Crippen LogP contribution in [0.1, 0.15) is 44.1 Å². The van der Waals surface area contributed by atoms with E-state index in [1.54, 1.807) is 0 Å². The average Bonchev–Trinajstić information content (AvgIpc) is 3.66. The molecule has 32 heavy (non-hydrogen) atoms. The summed E-state index contributed by atoms with van der Waals surface area (Å²) >= 11 is 0. The maximum Gasteiger partial charge on any atom is 0.236 e. The fraction of sp³-hybridized carbons (Fsp3) is 0.708. The summed E-state index contributed by atoms with van der Waals surface area (Å²) in [6.45, 7) is 7.37. The lowest BCUT2D eigenvalue weighted by atomic mass is 10.2. The lowest BCUT2D eigenvalue weighted by Gasteiger charge is -2.37. The molecule has 1 aromatic rings. The van der Waals surface area contributed by atoms with Crippen LogP contribution in [0, 0.1) is 5.92 Å². The van der Waals surface area contributed by atoms with Crippen molar-refractivity contribution in [1.82, 2.24) is 25.0 Å². The number of guanidine groups is 1. The van der Waals surface area contributed by atoms with Crippen LogP contribution in [0.3, 0.4) is 0 Å². The number of rotatable bonds is 7. The first-order valence-electron chi connectivity index (χ1n) is 12.2. The molecule has 0 atom stereocenters. The smallest absolute Gasteiger partial charge is 0.236 e. The fourth-order valence-electron chi connectivity index (χ4n) is 4.37. The zero-order chi connectivity index (χ0) is 22.2. The van der Waals surface area contributed by atoms with Gasteiger partial charge >= 0.3 is 0 Å². The van der Waals surface area contributed by atoms with Crippen molar-refractivity contribution in [2.45, 2.75) is 45.1 Å². The quantitative estimate of drug-likeness (QED) is 0.514. The average molecular weight is 443 g/mol. The van der Waals surface area contributed by atoms with Gasteiger partial charge in [0, 0.05) is 65.1 Å². The number of nitrogens with zero attached hydrogens (tertiary/aromatic N) is 5. The number of aromatic nitrogens is 1. The van der Waals surface area contributed by atoms with Crippen LogP contribution in [0.5, 0.6) is 5.88 Å². The van der Waals surface area contributed by atoms with Crippen molar-refractivity contribution in [2.75, 3.05) is 59.5 Å². The molecule has 2 saturated heterocycles. The van der Waals surface area contributed by atoms with E-state index >= 15 is 0 Å². The molecule has 2 aliphatic heterocycles. The van der Waals surface area contributed by atoms with Gasteiger partial charge in [-0.15, -0.1) is 0 Å². The van der Waals surface area contributed by atoms with E-state index in [9.17, 15) is 4.79 Å². The number of carbonyl (C=O) groups excluding carboxylic acids is 1. The number of piperazine rings is 1. The highest BCUT2D eigenvalue weighted by Gasteiger charge is 2.24. The van der Waals surface area contributed by atoms with E-state index in [-0.39, 0.29) is 0 Å². The normalized spacial score (nSPS) is 20.7. The Balaban J connectivity index is 1.20. The monoisotopic (exact) mass is 442 g/mol. The predicted molar refractivity (Wildman–Crippen MR) is 126 cm³/mol. The summed E-state index contributed by atoms with van der Waals surface area (Å²) in [5.41, 5.74) is 1.13. The Hall–Kier alpha value is -2.35. The summed E-state index contributed by atoms with van der Waals surface area (Å²) in [5, 5.41) is 3.47. The third-order valence-electron chi connectivity index (χ3n) is 6.61. The van der Waals surface area contributed by atoms with E-state index < -0.39 is 0 Å². The molecule has 0 radical (unpaired) electrons. The molecule has 4 rings (SSSR count). The number of hydrogen-bond donors (Lipinski definition) is 1. The third-order valence-corrected chi connectivity index (χ3v) is 6.61. The van der Waals surface area contributed by atoms with Crippen LogP contribution in [0.2, 0.25) is 0 Å². The first kappa shape index (κ1) is 22.8. The third kappa shape index (κ3) is 6.82. The zero-order valence-corrected chi connectivity index (χ0v) is 19.5. The van der Waals surface area contributed by atoms with Crippen molar-refractivity contribution >= 4 is 11.9 Å². The summed E-state index contributed by atoms with van der Waals surface area (Å²) in [7, 11) is 1.83. The molecule has 0 bridgehead atoms. The van der Waals surface area contributed by atoms with Gasteiger partial charge in [-0.3, -0.25) is 14.7 Å². The molecule has 1 N–H and O–H groups in total. The molecule has 3 fully saturated rings. The molecule has 8 heteroatoms. The van der Waals surface area contributed by atoms with Crippen LogP contribution < -0.4 is 10.1 Å². The molecule has 1 saturated carbocycles. The second kappa shape index (κ2) is 11.5. The molecular weight excluding hydrogens is 404 g/mol. The topological polar surface area (TPSA) is 73.3 Å². The van der Waals surface area contributed by atoms with E-state index in [1.807, 2.05) is 25.4 Å². The number of aliphatic imine (C=N–C) groups is 1. The van der Waals surface area contributed by atoms with Gasteiger partial charge in [0.05, 0.1) is 13.2 Å². The molecule has 3 heterocycles. The van der Waals surface area contributed by atoms with Crippen LogP contribution in [0.4, 0.5) is 0 Å². The van der Waals surface area contributed by atoms with Gasteiger partial charge in [0.15, 0.2) is 5.96 Å². The standard InChI is InChI=1S/C24H38N6O2/c1-25-24(27-17-21-8-9-26-22(16-21)32-19-20-6-7-20)30-14-12-28(13-15-30)18-23(31)29-10-4-2-3-5-11-29/h8-9,16,20H,2-7,10-15,17-19H2,1H3,(H,25,27). The van der Waals surface area contributed by atoms with Gasteiger partial charge < -0.3 is 19.9 Å². The summed E-state index contributed by atoms with van der Waals surface area (Å²) in [6, 6.07) is 4.02. The number of amides is 1. The van der Waals surface area contributed by atoms with Gasteiger partial charge in [0.2, 0.25) is 11.8 Å². The minimum Gasteiger partial charge on any atom is -0.477 e. The minimum absolute atomic E-state index is 0.292. The Labute approximate surface area is 192 Å². The number of carbonyl (C=O) groups is 1. The summed E-state index contributed by atoms with van der Waals surface area (Å²) in [6.07, 6.45) is 9.16. The molecule has 1 aromatic heterocycles. The van der Waals surface area contributed by atoms with Gasteiger partial charge in [0.1, 0.15) is 0 Å². The Kier molecular flexibility index (Phi) is 8.20. The molecule has 1 amide bonds. The summed E-state index contributed by atoms with van der Waals surface area (Å²) in [4.78, 5) is 28.1. The number of nitrogens with one attached hydrogen (secondary N) is 1. The molecule has 176 valence electrons. The molecule has 3 aliphatic rings. The van der Waals surface area contributed by atoms with Crippen molar-refractivity contribution in [3.8, 4) is 5.88 Å². The van der Waals surface area contributed by atoms with Crippen LogP contribution in [0.15, 0.2) is 23.3 Å². The van der Waals surface area contributed by atoms with Crippen molar-refractivity contribution in [1.29, 1.82) is 0 Å². The molecule has 0 aromatic carbocycles. The summed E-state index contributed by atoms with van der Waals surface area (Å²) in [5.74, 6) is 2.62. The lowest BCUT2D eigenvalue weighted by molar-refractivity contribution is -0.132. The van der Waals surface area contributed by atoms with E-state index in [0.29, 0.717) is 24.9 Å². The lowest BCUT2D eigenvalue weighted by Crippen LogP contribution is -2.54. The van der Waals surface area contributed by atoms with Crippen LogP contribution in [0.25, 0.3) is 0 Å². The highest BCUT2D eigenvalue weighted by Crippen LogP contribution is 2.29. The number of hydrogen-bond acceptors (Lipinski definition) is 5. The Morgan fingerprint density at radius 2 is 1.84 bits per heavy atom. The second-order valence-electron chi connectivity index (χ2n) is 9.22. The Morgan fingerprint density at radius 1 is 1.09 bits per heavy atom. The summed E-state index contributed by atoms with van der Waals surface area (Å²) < 4.78 is 5.80. The highest BCUT2D eigenvalue weighted by molar-refractivity contribution is 5.80. The first-order valence-corrected chi connectivity index (χ1v) is 12.2. The van der Waals surface area contributed by atoms with Crippen LogP contribution >= 0.6 is 0 Å². The second-order valence-corrected chi connectivity index (χ2v) is 9.22. The SMILES string of the molecule is CN=C(NCc1ccnc(OCC2CC2)c1)N1CCN(CC(=O)N2CCCCCC2)CC1.